The number of hydrogen-bond donors (Lipinski definition) is 2. The highest BCUT2D eigenvalue weighted by Gasteiger charge is 2.91. The maximum absolute atomic E-state index is 13.8. The number of hydrogen-bond acceptors (Lipinski definition) is 12. The minimum Gasteiger partial charge on any atom is -0.462 e. The maximum atomic E-state index is 13.8. The van der Waals surface area contributed by atoms with Crippen molar-refractivity contribution in [2.75, 3.05) is 54.7 Å². The van der Waals surface area contributed by atoms with Crippen molar-refractivity contribution in [1.82, 2.24) is 4.90 Å². The zero-order chi connectivity index (χ0) is 34.4. The van der Waals surface area contributed by atoms with Crippen molar-refractivity contribution in [1.29, 1.82) is 0 Å². The quantitative estimate of drug-likeness (QED) is 0.330. The lowest BCUT2D eigenvalue weighted by molar-refractivity contribution is -0.330. The summed E-state index contributed by atoms with van der Waals surface area (Å²) in [6.07, 6.45) is -4.37. The molecule has 7 rings (SSSR count). The molecule has 7 bridgehead atoms. The van der Waals surface area contributed by atoms with Gasteiger partial charge in [0.2, 0.25) is 0 Å². The first-order chi connectivity index (χ1) is 23.0. The molecular formula is C36H51NO11. The zero-order valence-electron chi connectivity index (χ0n) is 29.0. The number of benzene rings is 1. The van der Waals surface area contributed by atoms with E-state index in [4.69, 9.17) is 33.2 Å². The van der Waals surface area contributed by atoms with Gasteiger partial charge in [-0.05, 0) is 37.9 Å². The van der Waals surface area contributed by atoms with Gasteiger partial charge in [0.1, 0.15) is 35.6 Å². The van der Waals surface area contributed by atoms with Crippen molar-refractivity contribution < 1.29 is 53.0 Å². The highest BCUT2D eigenvalue weighted by atomic mass is 16.6. The van der Waals surface area contributed by atoms with Crippen molar-refractivity contribution in [2.24, 2.45) is 34.5 Å². The minimum atomic E-state index is -1.74. The Kier molecular flexibility index (Phi) is 8.55. The van der Waals surface area contributed by atoms with Crippen LogP contribution in [0.4, 0.5) is 0 Å². The fraction of sp³-hybridized carbons (Fsp3) is 0.778. The number of carbonyl (C=O) groups is 2. The van der Waals surface area contributed by atoms with Crippen molar-refractivity contribution in [3.05, 3.63) is 35.9 Å². The molecule has 5 saturated carbocycles. The summed E-state index contributed by atoms with van der Waals surface area (Å²) in [5.74, 6) is -2.72. The molecule has 0 amide bonds. The second-order valence-corrected chi connectivity index (χ2v) is 14.8. The van der Waals surface area contributed by atoms with Gasteiger partial charge < -0.3 is 43.4 Å². The number of fused-ring (bicyclic) bond motifs is 2. The van der Waals surface area contributed by atoms with E-state index >= 15 is 0 Å². The van der Waals surface area contributed by atoms with E-state index in [9.17, 15) is 19.8 Å². The molecule has 6 fully saturated rings. The van der Waals surface area contributed by atoms with Gasteiger partial charge in [0.15, 0.2) is 0 Å². The number of nitrogens with zero attached hydrogens (tertiary/aromatic N) is 1. The van der Waals surface area contributed by atoms with Crippen LogP contribution in [0.3, 0.4) is 0 Å². The van der Waals surface area contributed by atoms with Gasteiger partial charge in [-0.15, -0.1) is 0 Å². The molecule has 12 nitrogen and oxygen atoms in total. The molecule has 0 aromatic heterocycles. The Hall–Kier alpha value is -2.16. The van der Waals surface area contributed by atoms with Gasteiger partial charge >= 0.3 is 11.9 Å². The fourth-order valence-corrected chi connectivity index (χ4v) is 12.7. The molecule has 1 heterocycles. The van der Waals surface area contributed by atoms with Gasteiger partial charge in [-0.25, -0.2) is 4.79 Å². The fourth-order valence-electron chi connectivity index (χ4n) is 12.7. The van der Waals surface area contributed by atoms with Crippen molar-refractivity contribution >= 4 is 11.9 Å². The van der Waals surface area contributed by atoms with Crippen LogP contribution in [-0.4, -0.2) is 136 Å². The predicted octanol–water partition coefficient (Wildman–Crippen LogP) is 1.69. The summed E-state index contributed by atoms with van der Waals surface area (Å²) in [5, 5.41) is 25.5. The Morgan fingerprint density at radius 2 is 1.69 bits per heavy atom. The van der Waals surface area contributed by atoms with E-state index in [-0.39, 0.29) is 36.9 Å². The number of aliphatic hydroxyl groups excluding tert-OH is 1. The Labute approximate surface area is 282 Å². The first-order valence-electron chi connectivity index (χ1n) is 17.3. The molecule has 266 valence electrons. The Morgan fingerprint density at radius 1 is 0.958 bits per heavy atom. The number of likely N-dealkylation sites (tertiary alicyclic amines) is 1. The topological polar surface area (TPSA) is 142 Å². The largest absolute Gasteiger partial charge is 0.462 e. The molecule has 1 aliphatic heterocycles. The highest BCUT2D eigenvalue weighted by Crippen LogP contribution is 2.80. The summed E-state index contributed by atoms with van der Waals surface area (Å²) in [5.41, 5.74) is -4.14. The van der Waals surface area contributed by atoms with E-state index in [1.54, 1.807) is 45.6 Å². The summed E-state index contributed by atoms with van der Waals surface area (Å²) < 4.78 is 44.7. The average molecular weight is 674 g/mol. The van der Waals surface area contributed by atoms with Crippen LogP contribution in [0.25, 0.3) is 0 Å². The monoisotopic (exact) mass is 673 g/mol. The molecule has 2 N–H and O–H groups in total. The second-order valence-electron chi connectivity index (χ2n) is 14.8. The molecule has 1 aromatic rings. The highest BCUT2D eigenvalue weighted by molar-refractivity contribution is 5.89. The summed E-state index contributed by atoms with van der Waals surface area (Å²) >= 11 is 0. The van der Waals surface area contributed by atoms with Crippen molar-refractivity contribution in [2.45, 2.75) is 87.5 Å². The average Bonchev–Trinajstić information content (AvgIpc) is 3.44. The van der Waals surface area contributed by atoms with Gasteiger partial charge in [0.05, 0.1) is 24.4 Å². The van der Waals surface area contributed by atoms with Crippen LogP contribution in [0, 0.1) is 34.5 Å². The lowest BCUT2D eigenvalue weighted by Gasteiger charge is -2.70. The number of methoxy groups -OCH3 is 4. The lowest BCUT2D eigenvalue weighted by atomic mass is 9.42. The van der Waals surface area contributed by atoms with Crippen LogP contribution in [0.2, 0.25) is 0 Å². The summed E-state index contributed by atoms with van der Waals surface area (Å²) in [4.78, 5) is 28.9. The van der Waals surface area contributed by atoms with Crippen LogP contribution < -0.4 is 0 Å². The minimum absolute atomic E-state index is 0.170. The third-order valence-electron chi connectivity index (χ3n) is 13.5. The number of piperidine rings is 1. The Bertz CT molecular complexity index is 1400. The van der Waals surface area contributed by atoms with Gasteiger partial charge in [-0.2, -0.15) is 0 Å². The SMILES string of the molecule is CCO[C@]12[C@H]3[C@@H](C[C@@](O)([C@H]3OC(=O)c3ccccc3)[C@@H](OC)[C@H]1O)[C@]13[C@H](OC)C[C@H](OC(C)=O)[C@]4(COC)CN(CC)[C@@H]1[C@@H]2[C@H](OC)[C@@H]43. The number of aliphatic hydroxyl groups is 2. The van der Waals surface area contributed by atoms with E-state index in [2.05, 4.69) is 11.8 Å². The van der Waals surface area contributed by atoms with E-state index < -0.39 is 76.5 Å². The van der Waals surface area contributed by atoms with Gasteiger partial charge in [-0.1, -0.05) is 25.1 Å². The molecule has 1 aromatic carbocycles. The van der Waals surface area contributed by atoms with Gasteiger partial charge in [0, 0.05) is 89.6 Å². The van der Waals surface area contributed by atoms with Crippen molar-refractivity contribution in [3.63, 3.8) is 0 Å². The molecule has 15 atom stereocenters. The van der Waals surface area contributed by atoms with Crippen LogP contribution in [-0.2, 0) is 38.0 Å². The number of esters is 2. The number of ether oxygens (including phenoxy) is 7. The number of carbonyl (C=O) groups excluding carboxylic acids is 2. The molecule has 48 heavy (non-hydrogen) atoms. The molecule has 1 spiro atoms. The second kappa shape index (κ2) is 12.0. The molecule has 0 radical (unpaired) electrons. The molecule has 12 heteroatoms. The van der Waals surface area contributed by atoms with E-state index in [0.717, 1.165) is 0 Å². The first-order valence-corrected chi connectivity index (χ1v) is 17.3. The Balaban J connectivity index is 1.51. The standard InChI is InChI=1S/C36H51NO11/c1-8-37-17-33(18-42-4)22(47-19(3)38)15-23(43-5)35-21-16-34(41)30(48-32(40)20-13-11-10-12-14-20)24(21)36(46-9-2,29(39)31(34)45-7)25(28(35)37)26(44-6)27(33)35/h10-14,21-31,39,41H,8-9,15-18H2,1-7H3/t21-,22+,23-,24+,25+,26+,27+,28-,29-,30+,31+,33-,34-,35-,36+/m1/s1. The van der Waals surface area contributed by atoms with Crippen LogP contribution >= 0.6 is 0 Å². The van der Waals surface area contributed by atoms with E-state index in [1.807, 2.05) is 13.0 Å². The van der Waals surface area contributed by atoms with E-state index in [1.165, 1.54) is 14.0 Å². The van der Waals surface area contributed by atoms with Gasteiger partial charge in [0.25, 0.3) is 0 Å². The van der Waals surface area contributed by atoms with Crippen LogP contribution in [0.5, 0.6) is 0 Å². The third kappa shape index (κ3) is 4.00. The molecule has 0 unspecified atom stereocenters. The predicted molar refractivity (Wildman–Crippen MR) is 170 cm³/mol. The van der Waals surface area contributed by atoms with E-state index in [0.29, 0.717) is 31.7 Å². The molecule has 1 saturated heterocycles. The maximum Gasteiger partial charge on any atom is 0.338 e. The Morgan fingerprint density at radius 3 is 2.27 bits per heavy atom. The van der Waals surface area contributed by atoms with Crippen LogP contribution in [0.1, 0.15) is 44.0 Å². The normalized spacial score (nSPS) is 48.3. The van der Waals surface area contributed by atoms with Crippen LogP contribution in [0.15, 0.2) is 30.3 Å². The number of rotatable bonds is 11. The summed E-state index contributed by atoms with van der Waals surface area (Å²) in [7, 11) is 6.51. The lowest BCUT2D eigenvalue weighted by Crippen LogP contribution is -2.81. The van der Waals surface area contributed by atoms with Crippen molar-refractivity contribution in [3.8, 4) is 0 Å². The third-order valence-corrected chi connectivity index (χ3v) is 13.5. The first kappa shape index (κ1) is 34.3. The summed E-state index contributed by atoms with van der Waals surface area (Å²) in [6, 6.07) is 8.51. The molecular weight excluding hydrogens is 622 g/mol. The van der Waals surface area contributed by atoms with Gasteiger partial charge in [-0.3, -0.25) is 9.69 Å². The summed E-state index contributed by atoms with van der Waals surface area (Å²) in [6.45, 7) is 7.20. The zero-order valence-corrected chi connectivity index (χ0v) is 29.0. The molecule has 5 aliphatic carbocycles. The molecule has 6 aliphatic rings. The smallest absolute Gasteiger partial charge is 0.338 e.